The van der Waals surface area contributed by atoms with Crippen LogP contribution in [0.5, 0.6) is 0 Å². The third-order valence-electron chi connectivity index (χ3n) is 1.04. The predicted octanol–water partition coefficient (Wildman–Crippen LogP) is 1.06. The van der Waals surface area contributed by atoms with Crippen LogP contribution in [0.25, 0.3) is 0 Å². The molecule has 0 unspecified atom stereocenters. The van der Waals surface area contributed by atoms with Crippen molar-refractivity contribution in [3.05, 3.63) is 12.2 Å². The number of hydrogen-bond acceptors (Lipinski definition) is 3. The number of alkyl carbamates (subject to hydrolysis) is 1. The molecule has 0 saturated heterocycles. The van der Waals surface area contributed by atoms with Crippen molar-refractivity contribution in [2.24, 2.45) is 0 Å². The van der Waals surface area contributed by atoms with Gasteiger partial charge in [-0.05, 0) is 20.8 Å². The molecule has 0 spiro atoms. The molecule has 0 aliphatic carbocycles. The Morgan fingerprint density at radius 2 is 2.08 bits per heavy atom. The summed E-state index contributed by atoms with van der Waals surface area (Å²) < 4.78 is 4.97. The molecule has 13 heavy (non-hydrogen) atoms. The molecule has 4 nitrogen and oxygen atoms in total. The third-order valence-corrected chi connectivity index (χ3v) is 1.04. The highest BCUT2D eigenvalue weighted by Crippen LogP contribution is 2.05. The Bertz CT molecular complexity index is 182. The van der Waals surface area contributed by atoms with E-state index in [1.807, 2.05) is 0 Å². The van der Waals surface area contributed by atoms with Gasteiger partial charge in [0.15, 0.2) is 0 Å². The normalized spacial score (nSPS) is 11.7. The molecular formula is C9H17NO3. The summed E-state index contributed by atoms with van der Waals surface area (Å²) in [5.41, 5.74) is -0.467. The van der Waals surface area contributed by atoms with Gasteiger partial charge in [-0.15, -0.1) is 0 Å². The maximum absolute atomic E-state index is 11.0. The maximum atomic E-state index is 11.0. The van der Waals surface area contributed by atoms with Crippen LogP contribution in [-0.4, -0.2) is 30.0 Å². The zero-order valence-electron chi connectivity index (χ0n) is 8.33. The van der Waals surface area contributed by atoms with E-state index in [-0.39, 0.29) is 6.61 Å². The van der Waals surface area contributed by atoms with Gasteiger partial charge in [-0.25, -0.2) is 4.79 Å². The Hall–Kier alpha value is -1.03. The second-order valence-corrected chi connectivity index (χ2v) is 3.54. The SMILES string of the molecule is CC(C)(C)OC(=O)NCC=CCO. The van der Waals surface area contributed by atoms with Crippen molar-refractivity contribution in [2.45, 2.75) is 26.4 Å². The van der Waals surface area contributed by atoms with Gasteiger partial charge in [0.2, 0.25) is 0 Å². The third kappa shape index (κ3) is 8.88. The van der Waals surface area contributed by atoms with Gasteiger partial charge in [0, 0.05) is 6.54 Å². The second kappa shape index (κ2) is 5.59. The summed E-state index contributed by atoms with van der Waals surface area (Å²) in [6.07, 6.45) is 2.76. The number of amides is 1. The van der Waals surface area contributed by atoms with E-state index in [0.29, 0.717) is 6.54 Å². The van der Waals surface area contributed by atoms with Crippen LogP contribution in [0.15, 0.2) is 12.2 Å². The smallest absolute Gasteiger partial charge is 0.407 e. The van der Waals surface area contributed by atoms with Gasteiger partial charge in [0.1, 0.15) is 5.60 Å². The van der Waals surface area contributed by atoms with E-state index in [1.54, 1.807) is 32.9 Å². The molecule has 76 valence electrons. The highest BCUT2D eigenvalue weighted by atomic mass is 16.6. The van der Waals surface area contributed by atoms with Crippen LogP contribution < -0.4 is 5.32 Å². The van der Waals surface area contributed by atoms with Crippen molar-refractivity contribution < 1.29 is 14.6 Å². The first kappa shape index (κ1) is 12.0. The Morgan fingerprint density at radius 3 is 2.54 bits per heavy atom. The lowest BCUT2D eigenvalue weighted by Crippen LogP contribution is -2.32. The van der Waals surface area contributed by atoms with Crippen LogP contribution in [-0.2, 0) is 4.74 Å². The summed E-state index contributed by atoms with van der Waals surface area (Å²) >= 11 is 0. The van der Waals surface area contributed by atoms with Gasteiger partial charge in [0.05, 0.1) is 6.61 Å². The van der Waals surface area contributed by atoms with Crippen molar-refractivity contribution in [3.8, 4) is 0 Å². The van der Waals surface area contributed by atoms with Crippen molar-refractivity contribution in [1.82, 2.24) is 5.32 Å². The Morgan fingerprint density at radius 1 is 1.46 bits per heavy atom. The molecule has 0 saturated carbocycles. The monoisotopic (exact) mass is 187 g/mol. The minimum Gasteiger partial charge on any atom is -0.444 e. The zero-order chi connectivity index (χ0) is 10.3. The quantitative estimate of drug-likeness (QED) is 0.649. The van der Waals surface area contributed by atoms with Crippen molar-refractivity contribution in [2.75, 3.05) is 13.2 Å². The summed E-state index contributed by atoms with van der Waals surface area (Å²) in [7, 11) is 0. The van der Waals surface area contributed by atoms with Gasteiger partial charge in [-0.1, -0.05) is 12.2 Å². The van der Waals surface area contributed by atoms with Crippen LogP contribution in [0.1, 0.15) is 20.8 Å². The number of carbonyl (C=O) groups excluding carboxylic acids is 1. The molecule has 0 fully saturated rings. The van der Waals surface area contributed by atoms with Gasteiger partial charge in [0.25, 0.3) is 0 Å². The number of rotatable bonds is 3. The Kier molecular flexibility index (Phi) is 5.14. The van der Waals surface area contributed by atoms with Crippen LogP contribution in [0.2, 0.25) is 0 Å². The lowest BCUT2D eigenvalue weighted by Gasteiger charge is -2.19. The predicted molar refractivity (Wildman–Crippen MR) is 50.5 cm³/mol. The largest absolute Gasteiger partial charge is 0.444 e. The fourth-order valence-corrected chi connectivity index (χ4v) is 0.614. The molecule has 0 heterocycles. The minimum absolute atomic E-state index is 0.0179. The summed E-state index contributed by atoms with van der Waals surface area (Å²) in [6.45, 7) is 5.76. The number of carbonyl (C=O) groups is 1. The lowest BCUT2D eigenvalue weighted by molar-refractivity contribution is 0.0534. The molecule has 0 aromatic heterocycles. The van der Waals surface area contributed by atoms with Crippen LogP contribution >= 0.6 is 0 Å². The van der Waals surface area contributed by atoms with Crippen LogP contribution in [0.4, 0.5) is 4.79 Å². The summed E-state index contributed by atoms with van der Waals surface area (Å²) in [5, 5.41) is 10.9. The van der Waals surface area contributed by atoms with E-state index in [1.165, 1.54) is 0 Å². The highest BCUT2D eigenvalue weighted by Gasteiger charge is 2.14. The molecule has 0 aliphatic rings. The molecule has 0 rings (SSSR count). The molecule has 0 radical (unpaired) electrons. The zero-order valence-corrected chi connectivity index (χ0v) is 8.33. The first-order valence-corrected chi connectivity index (χ1v) is 4.18. The minimum atomic E-state index is -0.467. The molecule has 0 bridgehead atoms. The molecule has 4 heteroatoms. The average Bonchev–Trinajstić information content (AvgIpc) is 1.94. The van der Waals surface area contributed by atoms with Crippen molar-refractivity contribution in [3.63, 3.8) is 0 Å². The first-order valence-electron chi connectivity index (χ1n) is 4.18. The van der Waals surface area contributed by atoms with E-state index in [0.717, 1.165) is 0 Å². The fraction of sp³-hybridized carbons (Fsp3) is 0.667. The molecule has 2 N–H and O–H groups in total. The van der Waals surface area contributed by atoms with Gasteiger partial charge in [-0.3, -0.25) is 0 Å². The molecule has 0 aromatic rings. The van der Waals surface area contributed by atoms with Crippen LogP contribution in [0, 0.1) is 0 Å². The standard InChI is InChI=1S/C9H17NO3/c1-9(2,3)13-8(12)10-6-4-5-7-11/h4-5,11H,6-7H2,1-3H3,(H,10,12). The van der Waals surface area contributed by atoms with E-state index < -0.39 is 11.7 Å². The summed E-state index contributed by atoms with van der Waals surface area (Å²) in [6, 6.07) is 0. The Balaban J connectivity index is 3.58. The number of aliphatic hydroxyl groups is 1. The number of nitrogens with one attached hydrogen (secondary N) is 1. The molecule has 0 aromatic carbocycles. The van der Waals surface area contributed by atoms with E-state index >= 15 is 0 Å². The number of hydrogen-bond donors (Lipinski definition) is 2. The number of aliphatic hydroxyl groups excluding tert-OH is 1. The highest BCUT2D eigenvalue weighted by molar-refractivity contribution is 5.67. The summed E-state index contributed by atoms with van der Waals surface area (Å²) in [5.74, 6) is 0. The van der Waals surface area contributed by atoms with Crippen molar-refractivity contribution in [1.29, 1.82) is 0 Å². The van der Waals surface area contributed by atoms with E-state index in [2.05, 4.69) is 5.32 Å². The molecule has 1 amide bonds. The number of ether oxygens (including phenoxy) is 1. The molecule has 0 aliphatic heterocycles. The fourth-order valence-electron chi connectivity index (χ4n) is 0.614. The molecular weight excluding hydrogens is 170 g/mol. The van der Waals surface area contributed by atoms with Gasteiger partial charge in [-0.2, -0.15) is 0 Å². The van der Waals surface area contributed by atoms with Crippen molar-refractivity contribution >= 4 is 6.09 Å². The van der Waals surface area contributed by atoms with Gasteiger partial charge >= 0.3 is 6.09 Å². The second-order valence-electron chi connectivity index (χ2n) is 3.54. The maximum Gasteiger partial charge on any atom is 0.407 e. The molecule has 0 atom stereocenters. The first-order chi connectivity index (χ1) is 5.95. The topological polar surface area (TPSA) is 58.6 Å². The summed E-state index contributed by atoms with van der Waals surface area (Å²) in [4.78, 5) is 11.0. The average molecular weight is 187 g/mol. The van der Waals surface area contributed by atoms with Gasteiger partial charge < -0.3 is 15.2 Å². The van der Waals surface area contributed by atoms with E-state index in [4.69, 9.17) is 9.84 Å². The lowest BCUT2D eigenvalue weighted by atomic mass is 10.2. The van der Waals surface area contributed by atoms with E-state index in [9.17, 15) is 4.79 Å². The Labute approximate surface area is 78.6 Å². The van der Waals surface area contributed by atoms with Crippen LogP contribution in [0.3, 0.4) is 0 Å².